The van der Waals surface area contributed by atoms with E-state index in [-0.39, 0.29) is 5.54 Å². The van der Waals surface area contributed by atoms with Crippen molar-refractivity contribution >= 4 is 5.71 Å². The summed E-state index contributed by atoms with van der Waals surface area (Å²) in [7, 11) is 0. The van der Waals surface area contributed by atoms with Gasteiger partial charge < -0.3 is 0 Å². The molecule has 0 spiro atoms. The third kappa shape index (κ3) is 1.45. The van der Waals surface area contributed by atoms with Crippen molar-refractivity contribution < 1.29 is 0 Å². The zero-order chi connectivity index (χ0) is 10.2. The van der Waals surface area contributed by atoms with Gasteiger partial charge in [0.25, 0.3) is 0 Å². The van der Waals surface area contributed by atoms with E-state index in [0.717, 1.165) is 17.2 Å². The van der Waals surface area contributed by atoms with Crippen molar-refractivity contribution in [2.45, 2.75) is 26.3 Å². The topological polar surface area (TPSA) is 38.1 Å². The Hall–Kier alpha value is -1.51. The van der Waals surface area contributed by atoms with Crippen LogP contribution in [-0.2, 0) is 5.54 Å². The molecule has 3 heteroatoms. The van der Waals surface area contributed by atoms with Crippen molar-refractivity contribution in [1.82, 2.24) is 9.97 Å². The molecular formula is C11H13N3. The number of hydrogen-bond acceptors (Lipinski definition) is 3. The van der Waals surface area contributed by atoms with Crippen LogP contribution in [0.4, 0.5) is 0 Å². The van der Waals surface area contributed by atoms with E-state index >= 15 is 0 Å². The zero-order valence-corrected chi connectivity index (χ0v) is 8.65. The second-order valence-electron chi connectivity index (χ2n) is 3.76. The van der Waals surface area contributed by atoms with Crippen LogP contribution in [0.2, 0.25) is 0 Å². The molecule has 2 heterocycles. The number of aliphatic imine (C=N–C) groups is 1. The predicted octanol–water partition coefficient (Wildman–Crippen LogP) is 2.03. The molecule has 0 radical (unpaired) electrons. The van der Waals surface area contributed by atoms with E-state index in [1.807, 2.05) is 39.0 Å². The summed E-state index contributed by atoms with van der Waals surface area (Å²) < 4.78 is 0. The highest BCUT2D eigenvalue weighted by molar-refractivity contribution is 5.95. The number of nitrogens with zero attached hydrogens (tertiary/aromatic N) is 3. The van der Waals surface area contributed by atoms with Crippen molar-refractivity contribution in [2.75, 3.05) is 0 Å². The van der Waals surface area contributed by atoms with Crippen molar-refractivity contribution in [3.05, 3.63) is 35.9 Å². The fraction of sp³-hybridized carbons (Fsp3) is 0.364. The molecule has 14 heavy (non-hydrogen) atoms. The van der Waals surface area contributed by atoms with E-state index in [4.69, 9.17) is 0 Å². The van der Waals surface area contributed by atoms with E-state index in [1.54, 1.807) is 6.20 Å². The fourth-order valence-electron chi connectivity index (χ4n) is 1.54. The third-order valence-corrected chi connectivity index (χ3v) is 2.31. The molecule has 1 aromatic rings. The Bertz CT molecular complexity index is 420. The summed E-state index contributed by atoms with van der Waals surface area (Å²) in [6, 6.07) is 1.89. The predicted molar refractivity (Wildman–Crippen MR) is 56.4 cm³/mol. The van der Waals surface area contributed by atoms with Crippen molar-refractivity contribution in [1.29, 1.82) is 0 Å². The van der Waals surface area contributed by atoms with Crippen LogP contribution >= 0.6 is 0 Å². The molecule has 0 aliphatic carbocycles. The van der Waals surface area contributed by atoms with Gasteiger partial charge in [0.05, 0.1) is 0 Å². The molecule has 0 saturated carbocycles. The van der Waals surface area contributed by atoms with Crippen molar-refractivity contribution in [2.24, 2.45) is 4.99 Å². The Balaban J connectivity index is 2.46. The molecule has 0 bridgehead atoms. The van der Waals surface area contributed by atoms with E-state index in [2.05, 4.69) is 15.0 Å². The number of rotatable bonds is 1. The standard InChI is InChI=1S/C11H13N3/c1-8-5-7-12-10(13-8)11(3)6-4-9(2)14-11/h4-7H,1-3H3. The molecule has 1 atom stereocenters. The van der Waals surface area contributed by atoms with Gasteiger partial charge in [-0.05, 0) is 39.0 Å². The zero-order valence-electron chi connectivity index (χ0n) is 8.65. The van der Waals surface area contributed by atoms with Crippen LogP contribution in [0.15, 0.2) is 29.4 Å². The molecule has 1 unspecified atom stereocenters. The average molecular weight is 187 g/mol. The monoisotopic (exact) mass is 187 g/mol. The minimum absolute atomic E-state index is 0.365. The molecule has 1 aliphatic rings. The van der Waals surface area contributed by atoms with Gasteiger partial charge in [0.2, 0.25) is 0 Å². The van der Waals surface area contributed by atoms with Crippen molar-refractivity contribution in [3.63, 3.8) is 0 Å². The molecular weight excluding hydrogens is 174 g/mol. The first-order valence-electron chi connectivity index (χ1n) is 4.66. The normalized spacial score (nSPS) is 25.2. The highest BCUT2D eigenvalue weighted by atomic mass is 15.0. The summed E-state index contributed by atoms with van der Waals surface area (Å²) in [5, 5.41) is 0. The van der Waals surface area contributed by atoms with Gasteiger partial charge in [-0.1, -0.05) is 0 Å². The van der Waals surface area contributed by atoms with Crippen LogP contribution in [0.25, 0.3) is 0 Å². The third-order valence-electron chi connectivity index (χ3n) is 2.31. The Kier molecular flexibility index (Phi) is 1.95. The lowest BCUT2D eigenvalue weighted by Gasteiger charge is -2.16. The summed E-state index contributed by atoms with van der Waals surface area (Å²) in [6.07, 6.45) is 5.82. The molecule has 0 amide bonds. The molecule has 0 N–H and O–H groups in total. The lowest BCUT2D eigenvalue weighted by atomic mass is 10.0. The van der Waals surface area contributed by atoms with Gasteiger partial charge in [0.15, 0.2) is 5.82 Å². The molecule has 72 valence electrons. The van der Waals surface area contributed by atoms with Crippen LogP contribution in [0, 0.1) is 6.92 Å². The van der Waals surface area contributed by atoms with E-state index in [0.29, 0.717) is 0 Å². The van der Waals surface area contributed by atoms with Gasteiger partial charge in [-0.3, -0.25) is 4.99 Å². The van der Waals surface area contributed by atoms with Gasteiger partial charge in [-0.15, -0.1) is 0 Å². The summed E-state index contributed by atoms with van der Waals surface area (Å²) in [4.78, 5) is 13.2. The van der Waals surface area contributed by atoms with Gasteiger partial charge in [-0.25, -0.2) is 9.97 Å². The van der Waals surface area contributed by atoms with Crippen LogP contribution < -0.4 is 0 Å². The van der Waals surface area contributed by atoms with Gasteiger partial charge >= 0.3 is 0 Å². The number of allylic oxidation sites excluding steroid dienone is 1. The number of aryl methyl sites for hydroxylation is 1. The van der Waals surface area contributed by atoms with Crippen LogP contribution in [-0.4, -0.2) is 15.7 Å². The summed E-state index contributed by atoms with van der Waals surface area (Å²) in [5.41, 5.74) is 1.64. The lowest BCUT2D eigenvalue weighted by molar-refractivity contribution is 0.591. The average Bonchev–Trinajstić information content (AvgIpc) is 2.48. The maximum Gasteiger partial charge on any atom is 0.159 e. The van der Waals surface area contributed by atoms with Crippen LogP contribution in [0.3, 0.4) is 0 Å². The first-order chi connectivity index (χ1) is 6.60. The Morgan fingerprint density at radius 3 is 2.64 bits per heavy atom. The second kappa shape index (κ2) is 3.01. The summed E-state index contributed by atoms with van der Waals surface area (Å²) >= 11 is 0. The van der Waals surface area contributed by atoms with E-state index in [1.165, 1.54) is 0 Å². The first kappa shape index (κ1) is 9.06. The van der Waals surface area contributed by atoms with E-state index < -0.39 is 0 Å². The number of hydrogen-bond donors (Lipinski definition) is 0. The SMILES string of the molecule is CC1=NC(C)(c2nccc(C)n2)C=C1. The van der Waals surface area contributed by atoms with Gasteiger partial charge in [-0.2, -0.15) is 0 Å². The van der Waals surface area contributed by atoms with Gasteiger partial charge in [0.1, 0.15) is 5.54 Å². The molecule has 2 rings (SSSR count). The Labute approximate surface area is 83.6 Å². The van der Waals surface area contributed by atoms with Crippen molar-refractivity contribution in [3.8, 4) is 0 Å². The smallest absolute Gasteiger partial charge is 0.159 e. The Morgan fingerprint density at radius 2 is 2.07 bits per heavy atom. The highest BCUT2D eigenvalue weighted by Crippen LogP contribution is 2.27. The first-order valence-corrected chi connectivity index (χ1v) is 4.66. The molecule has 0 saturated heterocycles. The molecule has 0 fully saturated rings. The quantitative estimate of drug-likeness (QED) is 0.674. The molecule has 3 nitrogen and oxygen atoms in total. The highest BCUT2D eigenvalue weighted by Gasteiger charge is 2.28. The number of aromatic nitrogens is 2. The minimum atomic E-state index is -0.365. The van der Waals surface area contributed by atoms with Crippen LogP contribution in [0.5, 0.6) is 0 Å². The van der Waals surface area contributed by atoms with Crippen LogP contribution in [0.1, 0.15) is 25.4 Å². The van der Waals surface area contributed by atoms with Gasteiger partial charge in [0, 0.05) is 17.6 Å². The molecule has 1 aromatic heterocycles. The summed E-state index contributed by atoms with van der Waals surface area (Å²) in [6.45, 7) is 5.97. The lowest BCUT2D eigenvalue weighted by Crippen LogP contribution is -2.18. The molecule has 1 aliphatic heterocycles. The maximum atomic E-state index is 4.51. The fourth-order valence-corrected chi connectivity index (χ4v) is 1.54. The second-order valence-corrected chi connectivity index (χ2v) is 3.76. The molecule has 0 aromatic carbocycles. The largest absolute Gasteiger partial charge is 0.271 e. The summed E-state index contributed by atoms with van der Waals surface area (Å²) in [5.74, 6) is 0.769. The van der Waals surface area contributed by atoms with E-state index in [9.17, 15) is 0 Å². The maximum absolute atomic E-state index is 4.51. The Morgan fingerprint density at radius 1 is 1.29 bits per heavy atom. The minimum Gasteiger partial charge on any atom is -0.271 e.